The number of fused-ring (bicyclic) bond motifs is 9. The SMILES string of the molecule is [2H]c1c([2H])c([2H])c(-c2c([2H])c([2H])c(N(c3ccc4c(c3)C(C([2H])([2H])[2H])(C([2H])([2H])[2H])c3ccccc3-4)c3c([2H])c([2H])c4c5c([2H])c([2H])c([2H])c([2H])c5n(-c5c([2H])c([2H])c([2H])c6c5-c5c([2H])c([2H])c([2H])c([2H])c5C6(c5c([2H])c([2H])c([2H])c([2H])c5[2H])c5c([2H])c([2H])c([2H])c([2H])c5[2H])c4c3[2H])c([2H])c2[2H])c([2H])c1[2H]. The first-order chi connectivity index (χ1) is 48.7. The molecule has 11 aromatic rings. The number of hydrogen-bond acceptors (Lipinski definition) is 1. The second-order valence-electron chi connectivity index (χ2n) is 15.1. The first-order valence-electron chi connectivity index (χ1n) is 39.4. The number of benzene rings is 10. The van der Waals surface area contributed by atoms with Gasteiger partial charge in [-0.1, -0.05) is 207 Å². The molecule has 0 bridgehead atoms. The van der Waals surface area contributed by atoms with Gasteiger partial charge in [0.05, 0.1) is 67.4 Å². The number of anilines is 3. The van der Waals surface area contributed by atoms with Crippen molar-refractivity contribution >= 4 is 38.9 Å². The molecule has 312 valence electrons. The Morgan fingerprint density at radius 1 is 0.439 bits per heavy atom. The first kappa shape index (κ1) is 15.8. The summed E-state index contributed by atoms with van der Waals surface area (Å²) in [4.78, 5) is 0.571. The van der Waals surface area contributed by atoms with Gasteiger partial charge in [0.15, 0.2) is 0 Å². The van der Waals surface area contributed by atoms with E-state index >= 15 is 0 Å². The molecule has 0 saturated carbocycles. The molecule has 0 N–H and O–H groups in total. The summed E-state index contributed by atoms with van der Waals surface area (Å²) >= 11 is 0. The molecule has 1 heterocycles. The minimum Gasteiger partial charge on any atom is -0.310 e. The van der Waals surface area contributed by atoms with Gasteiger partial charge in [-0.05, 0) is 110 Å². The summed E-state index contributed by atoms with van der Waals surface area (Å²) in [5, 5.41) is -1.69. The van der Waals surface area contributed by atoms with E-state index in [9.17, 15) is 28.8 Å². The van der Waals surface area contributed by atoms with Crippen LogP contribution in [0.25, 0.3) is 60.9 Å². The maximum absolute atomic E-state index is 10.8. The summed E-state index contributed by atoms with van der Waals surface area (Å²) in [6, 6.07) is -30.6. The lowest BCUT2D eigenvalue weighted by atomic mass is 9.68. The summed E-state index contributed by atoms with van der Waals surface area (Å²) in [7, 11) is 0. The Hall–Kier alpha value is -8.20. The molecule has 10 aromatic carbocycles. The van der Waals surface area contributed by atoms with Gasteiger partial charge in [-0.2, -0.15) is 0 Å². The van der Waals surface area contributed by atoms with Crippen LogP contribution in [0.1, 0.15) is 101 Å². The molecular formula is C64H46N2. The summed E-state index contributed by atoms with van der Waals surface area (Å²) in [5.74, 6) is 0. The van der Waals surface area contributed by atoms with E-state index in [0.29, 0.717) is 9.47 Å². The Labute approximate surface area is 441 Å². The fraction of sp³-hybridized carbons (Fsp3) is 0.0625. The van der Waals surface area contributed by atoms with E-state index in [1.165, 1.54) is 30.3 Å². The quantitative estimate of drug-likeness (QED) is 0.155. The van der Waals surface area contributed by atoms with E-state index in [1.54, 1.807) is 0 Å². The average Bonchev–Trinajstić information content (AvgIpc) is 1.50. The molecule has 0 fully saturated rings. The summed E-state index contributed by atoms with van der Waals surface area (Å²) < 4.78 is 367. The molecule has 2 heteroatoms. The lowest BCUT2D eigenvalue weighted by molar-refractivity contribution is 0.660. The highest BCUT2D eigenvalue weighted by Gasteiger charge is 2.47. The molecule has 0 atom stereocenters. The highest BCUT2D eigenvalue weighted by Crippen LogP contribution is 2.58. The maximum atomic E-state index is 10.8. The Kier molecular flexibility index (Phi) is 3.50. The predicted molar refractivity (Wildman–Crippen MR) is 276 cm³/mol. The number of hydrogen-bond donors (Lipinski definition) is 0. The van der Waals surface area contributed by atoms with Gasteiger partial charge in [0.1, 0.15) is 0 Å². The molecule has 0 radical (unpaired) electrons. The summed E-state index contributed by atoms with van der Waals surface area (Å²) in [5.41, 5.74) is -21.7. The Balaban J connectivity index is 1.31. The minimum absolute atomic E-state index is 0.0580. The molecular weight excluding hydrogens is 797 g/mol. The molecule has 2 nitrogen and oxygen atoms in total. The lowest BCUT2D eigenvalue weighted by Gasteiger charge is -2.34. The van der Waals surface area contributed by atoms with Crippen molar-refractivity contribution in [3.8, 4) is 39.1 Å². The number of aromatic nitrogens is 1. The fourth-order valence-electron chi connectivity index (χ4n) is 9.03. The van der Waals surface area contributed by atoms with Gasteiger partial charge in [-0.15, -0.1) is 0 Å². The molecule has 1 aromatic heterocycles. The topological polar surface area (TPSA) is 8.17 Å². The Bertz CT molecular complexity index is 5690. The summed E-state index contributed by atoms with van der Waals surface area (Å²) in [6.07, 6.45) is 0. The van der Waals surface area contributed by atoms with Crippen LogP contribution in [0, 0.1) is 0 Å². The highest BCUT2D eigenvalue weighted by atomic mass is 15.1. The molecule has 2 aliphatic rings. The van der Waals surface area contributed by atoms with Gasteiger partial charge in [0, 0.05) is 47.0 Å². The highest BCUT2D eigenvalue weighted by molar-refractivity contribution is 6.11. The largest absolute Gasteiger partial charge is 0.310 e. The van der Waals surface area contributed by atoms with Crippen molar-refractivity contribution in [2.75, 3.05) is 4.90 Å². The third-order valence-corrected chi connectivity index (χ3v) is 11.8. The standard InChI is InChI=1S/C64H46N2/c1-63(2)55-28-15-12-25-50(55)51-39-37-48(41-58(51)63)65(47-35-33-44(34-36-47)43-19-6-3-7-20-43)49-38-40-53-52-26-14-17-31-59(52)66(61(53)42-49)60-32-18-30-57-62(60)54-27-13-16-29-56(54)64(57,45-21-8-4-9-22-45)46-23-10-5-11-24-46/h3-42H,1-2H3/i1D3,2D3,3D,4D,5D,6D,7D,8D,9D,10D,11D,13D,14D,16D,17D,18D,19D,20D,21D,22D,23D,24D,26D,27D,29D,30D,31D,32D,33D,34D,35D,36D,38D,40D,42D. The van der Waals surface area contributed by atoms with Crippen molar-refractivity contribution in [3.05, 3.63) is 275 Å². The van der Waals surface area contributed by atoms with E-state index < -0.39 is 319 Å². The van der Waals surface area contributed by atoms with Crippen molar-refractivity contribution in [1.82, 2.24) is 4.57 Å². The van der Waals surface area contributed by atoms with Crippen molar-refractivity contribution in [3.63, 3.8) is 0 Å². The van der Waals surface area contributed by atoms with Gasteiger partial charge < -0.3 is 9.47 Å². The van der Waals surface area contributed by atoms with Crippen LogP contribution >= 0.6 is 0 Å². The van der Waals surface area contributed by atoms with Gasteiger partial charge in [-0.25, -0.2) is 0 Å². The second-order valence-corrected chi connectivity index (χ2v) is 15.1. The molecule has 0 amide bonds. The Morgan fingerprint density at radius 3 is 1.83 bits per heavy atom. The smallest absolute Gasteiger partial charge is 0.0714 e. The monoisotopic (exact) mass is 882 g/mol. The zero-order valence-electron chi connectivity index (χ0n) is 72.4. The van der Waals surface area contributed by atoms with Gasteiger partial charge in [-0.3, -0.25) is 0 Å². The van der Waals surface area contributed by atoms with Crippen LogP contribution in [0.4, 0.5) is 17.1 Å². The van der Waals surface area contributed by atoms with Crippen LogP contribution in [0.2, 0.25) is 0 Å². The van der Waals surface area contributed by atoms with Crippen molar-refractivity contribution < 1.29 is 53.5 Å². The predicted octanol–water partition coefficient (Wildman–Crippen LogP) is 16.6. The normalized spacial score (nSPS) is 22.6. The van der Waals surface area contributed by atoms with Crippen LogP contribution in [-0.4, -0.2) is 4.57 Å². The number of para-hydroxylation sites is 1. The molecule has 0 spiro atoms. The van der Waals surface area contributed by atoms with E-state index in [-0.39, 0.29) is 16.7 Å². The van der Waals surface area contributed by atoms with Crippen molar-refractivity contribution in [2.45, 2.75) is 24.5 Å². The molecule has 0 saturated heterocycles. The third kappa shape index (κ3) is 5.48. The maximum Gasteiger partial charge on any atom is 0.0714 e. The second kappa shape index (κ2) is 14.7. The van der Waals surface area contributed by atoms with Crippen LogP contribution in [0.15, 0.2) is 242 Å². The van der Waals surface area contributed by atoms with Crippen LogP contribution in [0.5, 0.6) is 0 Å². The zero-order valence-corrected chi connectivity index (χ0v) is 33.4. The molecule has 0 unspecified atom stereocenters. The molecule has 0 aliphatic heterocycles. The average molecular weight is 882 g/mol. The first-order valence-corrected chi connectivity index (χ1v) is 19.9. The molecule has 2 aliphatic carbocycles. The van der Waals surface area contributed by atoms with Gasteiger partial charge >= 0.3 is 0 Å². The molecule has 66 heavy (non-hydrogen) atoms. The fourth-order valence-corrected chi connectivity index (χ4v) is 9.03. The van der Waals surface area contributed by atoms with Crippen LogP contribution in [0.3, 0.4) is 0 Å². The minimum atomic E-state index is -3.55. The Morgan fingerprint density at radius 2 is 1.06 bits per heavy atom. The lowest BCUT2D eigenvalue weighted by Crippen LogP contribution is -2.28. The van der Waals surface area contributed by atoms with Crippen LogP contribution < -0.4 is 4.90 Å². The van der Waals surface area contributed by atoms with E-state index in [0.717, 1.165) is 12.1 Å². The number of rotatable bonds is 7. The third-order valence-electron chi connectivity index (χ3n) is 11.8. The van der Waals surface area contributed by atoms with Crippen LogP contribution in [-0.2, 0) is 10.8 Å². The van der Waals surface area contributed by atoms with Crippen molar-refractivity contribution in [1.29, 1.82) is 0 Å². The zero-order chi connectivity index (χ0) is 77.7. The van der Waals surface area contributed by atoms with Crippen molar-refractivity contribution in [2.24, 2.45) is 0 Å². The van der Waals surface area contributed by atoms with E-state index in [2.05, 4.69) is 0 Å². The summed E-state index contributed by atoms with van der Waals surface area (Å²) in [6.45, 7) is -7.10. The van der Waals surface area contributed by atoms with E-state index in [4.69, 9.17) is 24.7 Å². The van der Waals surface area contributed by atoms with E-state index in [1.807, 2.05) is 0 Å². The molecule has 13 rings (SSSR count). The van der Waals surface area contributed by atoms with Gasteiger partial charge in [0.25, 0.3) is 0 Å². The van der Waals surface area contributed by atoms with Gasteiger partial charge in [0.2, 0.25) is 0 Å². The number of nitrogens with zero attached hydrogens (tertiary/aromatic N) is 2.